The Morgan fingerprint density at radius 3 is 2.55 bits per heavy atom. The van der Waals surface area contributed by atoms with Crippen LogP contribution in [-0.2, 0) is 10.8 Å². The third kappa shape index (κ3) is 4.44. The molecule has 1 aromatic rings. The Hall–Kier alpha value is -1.17. The largest absolute Gasteiger partial charge is 0.370 e. The molecular formula is C14H24N4OS. The number of aromatic nitrogens is 2. The molecule has 0 saturated heterocycles. The average Bonchev–Trinajstić information content (AvgIpc) is 3.23. The summed E-state index contributed by atoms with van der Waals surface area (Å²) in [6.07, 6.45) is 5.02. The second-order valence-electron chi connectivity index (χ2n) is 5.33. The van der Waals surface area contributed by atoms with Crippen molar-refractivity contribution in [1.29, 1.82) is 0 Å². The number of nitrogens with zero attached hydrogens (tertiary/aromatic N) is 2. The lowest BCUT2D eigenvalue weighted by Gasteiger charge is -2.12. The van der Waals surface area contributed by atoms with Crippen molar-refractivity contribution in [2.24, 2.45) is 0 Å². The molecule has 0 aromatic carbocycles. The lowest BCUT2D eigenvalue weighted by molar-refractivity contribution is 0.672. The zero-order valence-electron chi connectivity index (χ0n) is 12.5. The van der Waals surface area contributed by atoms with Gasteiger partial charge in [0.2, 0.25) is 0 Å². The molecule has 1 fully saturated rings. The van der Waals surface area contributed by atoms with Crippen molar-refractivity contribution in [2.45, 2.75) is 44.3 Å². The van der Waals surface area contributed by atoms with Gasteiger partial charge in [0.1, 0.15) is 17.5 Å². The minimum atomic E-state index is -0.762. The van der Waals surface area contributed by atoms with E-state index >= 15 is 0 Å². The zero-order chi connectivity index (χ0) is 14.5. The van der Waals surface area contributed by atoms with E-state index in [4.69, 9.17) is 0 Å². The lowest BCUT2D eigenvalue weighted by Crippen LogP contribution is -2.16. The molecule has 1 aliphatic carbocycles. The normalized spacial score (nSPS) is 17.6. The van der Waals surface area contributed by atoms with E-state index in [-0.39, 0.29) is 5.25 Å². The van der Waals surface area contributed by atoms with Crippen LogP contribution in [0, 0.1) is 0 Å². The van der Waals surface area contributed by atoms with Crippen molar-refractivity contribution in [3.05, 3.63) is 11.9 Å². The molecule has 1 aliphatic rings. The smallest absolute Gasteiger partial charge is 0.136 e. The van der Waals surface area contributed by atoms with Gasteiger partial charge in [-0.15, -0.1) is 0 Å². The van der Waals surface area contributed by atoms with Crippen LogP contribution in [0.1, 0.15) is 44.9 Å². The Labute approximate surface area is 123 Å². The molecule has 0 radical (unpaired) electrons. The molecule has 1 saturated carbocycles. The number of anilines is 2. The molecule has 0 amide bonds. The van der Waals surface area contributed by atoms with E-state index in [1.165, 1.54) is 12.8 Å². The standard InChI is InChI=1S/C14H24N4OS/c1-4-15-12-9-13(16-8-7-10(2)20(3)19)18-14(17-12)11-5-6-11/h9-11H,4-8H2,1-3H3,(H2,15,16,17,18). The van der Waals surface area contributed by atoms with Crippen LogP contribution in [0.2, 0.25) is 0 Å². The molecule has 5 nitrogen and oxygen atoms in total. The summed E-state index contributed by atoms with van der Waals surface area (Å²) in [6.45, 7) is 5.71. The van der Waals surface area contributed by atoms with Crippen LogP contribution in [0.3, 0.4) is 0 Å². The molecule has 0 spiro atoms. The van der Waals surface area contributed by atoms with Crippen LogP contribution < -0.4 is 10.6 Å². The van der Waals surface area contributed by atoms with E-state index < -0.39 is 10.8 Å². The van der Waals surface area contributed by atoms with Crippen LogP contribution >= 0.6 is 0 Å². The van der Waals surface area contributed by atoms with Gasteiger partial charge in [0.25, 0.3) is 0 Å². The van der Waals surface area contributed by atoms with Gasteiger partial charge in [0.15, 0.2) is 0 Å². The van der Waals surface area contributed by atoms with Gasteiger partial charge in [-0.2, -0.15) is 0 Å². The summed E-state index contributed by atoms with van der Waals surface area (Å²) in [6, 6.07) is 1.95. The molecule has 2 unspecified atom stereocenters. The predicted octanol–water partition coefficient (Wildman–Crippen LogP) is 2.35. The summed E-state index contributed by atoms with van der Waals surface area (Å²) in [4.78, 5) is 9.13. The van der Waals surface area contributed by atoms with Crippen LogP contribution in [0.5, 0.6) is 0 Å². The number of hydrogen-bond donors (Lipinski definition) is 2. The van der Waals surface area contributed by atoms with Gasteiger partial charge in [-0.25, -0.2) is 9.97 Å². The van der Waals surface area contributed by atoms with E-state index in [0.29, 0.717) is 5.92 Å². The monoisotopic (exact) mass is 296 g/mol. The molecule has 20 heavy (non-hydrogen) atoms. The fraction of sp³-hybridized carbons (Fsp3) is 0.714. The molecule has 2 N–H and O–H groups in total. The first-order valence-electron chi connectivity index (χ1n) is 7.29. The number of nitrogens with one attached hydrogen (secondary N) is 2. The van der Waals surface area contributed by atoms with Gasteiger partial charge in [0.05, 0.1) is 0 Å². The van der Waals surface area contributed by atoms with Crippen LogP contribution in [0.15, 0.2) is 6.07 Å². The Bertz CT molecular complexity index is 476. The maximum atomic E-state index is 11.3. The van der Waals surface area contributed by atoms with E-state index in [0.717, 1.165) is 37.0 Å². The predicted molar refractivity (Wildman–Crippen MR) is 84.8 cm³/mol. The summed E-state index contributed by atoms with van der Waals surface area (Å²) in [7, 11) is -0.762. The summed E-state index contributed by atoms with van der Waals surface area (Å²) in [5, 5.41) is 6.78. The summed E-state index contributed by atoms with van der Waals surface area (Å²) in [5.41, 5.74) is 0. The van der Waals surface area contributed by atoms with Crippen LogP contribution in [0.4, 0.5) is 11.6 Å². The Balaban J connectivity index is 1.97. The van der Waals surface area contributed by atoms with Crippen LogP contribution in [0.25, 0.3) is 0 Å². The van der Waals surface area contributed by atoms with Crippen molar-refractivity contribution >= 4 is 22.4 Å². The fourth-order valence-corrected chi connectivity index (χ4v) is 2.37. The summed E-state index contributed by atoms with van der Waals surface area (Å²) in [5.74, 6) is 3.24. The molecule has 112 valence electrons. The third-order valence-corrected chi connectivity index (χ3v) is 4.84. The maximum Gasteiger partial charge on any atom is 0.136 e. The molecule has 2 atom stereocenters. The lowest BCUT2D eigenvalue weighted by atomic mass is 10.3. The highest BCUT2D eigenvalue weighted by Crippen LogP contribution is 2.38. The van der Waals surface area contributed by atoms with Gasteiger partial charge >= 0.3 is 0 Å². The zero-order valence-corrected chi connectivity index (χ0v) is 13.3. The first kappa shape index (κ1) is 15.2. The second kappa shape index (κ2) is 7.02. The third-order valence-electron chi connectivity index (χ3n) is 3.47. The van der Waals surface area contributed by atoms with Crippen molar-refractivity contribution in [1.82, 2.24) is 9.97 Å². The summed E-state index contributed by atoms with van der Waals surface area (Å²) >= 11 is 0. The molecule has 0 bridgehead atoms. The Morgan fingerprint density at radius 2 is 2.00 bits per heavy atom. The average molecular weight is 296 g/mol. The van der Waals surface area contributed by atoms with Gasteiger partial charge in [-0.1, -0.05) is 6.92 Å². The van der Waals surface area contributed by atoms with Gasteiger partial charge in [-0.05, 0) is 26.2 Å². The van der Waals surface area contributed by atoms with Gasteiger partial charge in [0, 0.05) is 47.4 Å². The van der Waals surface area contributed by atoms with Gasteiger partial charge in [-0.3, -0.25) is 4.21 Å². The molecular weight excluding hydrogens is 272 g/mol. The fourth-order valence-electron chi connectivity index (χ4n) is 1.92. The van der Waals surface area contributed by atoms with E-state index in [9.17, 15) is 4.21 Å². The maximum absolute atomic E-state index is 11.3. The first-order chi connectivity index (χ1) is 9.60. The first-order valence-corrected chi connectivity index (χ1v) is 8.91. The molecule has 1 aromatic heterocycles. The minimum absolute atomic E-state index is 0.209. The quantitative estimate of drug-likeness (QED) is 0.771. The highest BCUT2D eigenvalue weighted by Gasteiger charge is 2.27. The van der Waals surface area contributed by atoms with Gasteiger partial charge < -0.3 is 10.6 Å². The van der Waals surface area contributed by atoms with Crippen molar-refractivity contribution in [2.75, 3.05) is 30.0 Å². The van der Waals surface area contributed by atoms with E-state index in [1.807, 2.05) is 13.0 Å². The van der Waals surface area contributed by atoms with Crippen molar-refractivity contribution < 1.29 is 4.21 Å². The van der Waals surface area contributed by atoms with Crippen molar-refractivity contribution in [3.8, 4) is 0 Å². The Morgan fingerprint density at radius 1 is 1.35 bits per heavy atom. The van der Waals surface area contributed by atoms with E-state index in [1.54, 1.807) is 6.26 Å². The topological polar surface area (TPSA) is 66.9 Å². The SMILES string of the molecule is CCNc1cc(NCCC(C)S(C)=O)nc(C2CC2)n1. The Kier molecular flexibility index (Phi) is 5.34. The summed E-state index contributed by atoms with van der Waals surface area (Å²) < 4.78 is 11.3. The minimum Gasteiger partial charge on any atom is -0.370 e. The van der Waals surface area contributed by atoms with Crippen molar-refractivity contribution in [3.63, 3.8) is 0 Å². The molecule has 6 heteroatoms. The second-order valence-corrected chi connectivity index (χ2v) is 7.13. The molecule has 2 rings (SSSR count). The molecule has 1 heterocycles. The van der Waals surface area contributed by atoms with E-state index in [2.05, 4.69) is 27.5 Å². The number of rotatable bonds is 8. The highest BCUT2D eigenvalue weighted by molar-refractivity contribution is 7.84. The highest BCUT2D eigenvalue weighted by atomic mass is 32.2. The van der Waals surface area contributed by atoms with Crippen LogP contribution in [-0.4, -0.2) is 38.8 Å². The molecule has 0 aliphatic heterocycles. The number of hydrogen-bond acceptors (Lipinski definition) is 5.